The van der Waals surface area contributed by atoms with Gasteiger partial charge in [0.25, 0.3) is 0 Å². The van der Waals surface area contributed by atoms with Crippen molar-refractivity contribution >= 4 is 40.3 Å². The number of thiocarbonyl (C=S) groups is 1. The van der Waals surface area contributed by atoms with Gasteiger partial charge in [0.1, 0.15) is 4.88 Å². The fourth-order valence-corrected chi connectivity index (χ4v) is 2.32. The molecule has 5 nitrogen and oxygen atoms in total. The molecule has 0 radical (unpaired) electrons. The Bertz CT molecular complexity index is 416. The molecule has 0 saturated heterocycles. The van der Waals surface area contributed by atoms with Gasteiger partial charge in [0.2, 0.25) is 0 Å². The van der Waals surface area contributed by atoms with Crippen LogP contribution in [-0.2, 0) is 4.74 Å². The summed E-state index contributed by atoms with van der Waals surface area (Å²) in [4.78, 5) is 11.9. The zero-order chi connectivity index (χ0) is 13.5. The molecule has 0 aromatic carbocycles. The van der Waals surface area contributed by atoms with E-state index in [-0.39, 0.29) is 12.6 Å². The van der Waals surface area contributed by atoms with Crippen LogP contribution in [0.3, 0.4) is 0 Å². The van der Waals surface area contributed by atoms with Gasteiger partial charge in [-0.25, -0.2) is 4.79 Å². The van der Waals surface area contributed by atoms with E-state index < -0.39 is 5.97 Å². The molecule has 0 aliphatic heterocycles. The number of rotatable bonds is 5. The van der Waals surface area contributed by atoms with E-state index in [1.165, 1.54) is 18.4 Å². The van der Waals surface area contributed by atoms with Crippen molar-refractivity contribution in [2.24, 2.45) is 0 Å². The van der Waals surface area contributed by atoms with Crippen molar-refractivity contribution in [3.05, 3.63) is 16.3 Å². The van der Waals surface area contributed by atoms with Crippen LogP contribution in [0, 0.1) is 0 Å². The van der Waals surface area contributed by atoms with E-state index in [0.29, 0.717) is 15.7 Å². The van der Waals surface area contributed by atoms with Gasteiger partial charge in [-0.3, -0.25) is 0 Å². The number of thiophene rings is 1. The number of carbonyl (C=O) groups is 1. The molecule has 1 aromatic rings. The summed E-state index contributed by atoms with van der Waals surface area (Å²) < 4.78 is 4.67. The lowest BCUT2D eigenvalue weighted by atomic mass is 10.2. The first-order valence-corrected chi connectivity index (χ1v) is 6.75. The molecule has 18 heavy (non-hydrogen) atoms. The van der Waals surface area contributed by atoms with Gasteiger partial charge in [-0.2, -0.15) is 0 Å². The number of hydrogen-bond acceptors (Lipinski definition) is 5. The smallest absolute Gasteiger partial charge is 0.350 e. The minimum atomic E-state index is -0.399. The molecule has 100 valence electrons. The average Bonchev–Trinajstić information content (AvgIpc) is 2.82. The van der Waals surface area contributed by atoms with Crippen molar-refractivity contribution in [1.29, 1.82) is 0 Å². The third-order valence-electron chi connectivity index (χ3n) is 2.33. The van der Waals surface area contributed by atoms with E-state index in [4.69, 9.17) is 17.3 Å². The van der Waals surface area contributed by atoms with E-state index in [2.05, 4.69) is 15.4 Å². The van der Waals surface area contributed by atoms with Crippen molar-refractivity contribution in [2.45, 2.75) is 19.4 Å². The number of carbonyl (C=O) groups excluding carboxylic acids is 1. The number of nitrogens with one attached hydrogen (secondary N) is 2. The molecule has 0 bridgehead atoms. The third kappa shape index (κ3) is 3.94. The summed E-state index contributed by atoms with van der Waals surface area (Å²) in [6.45, 7) is 1.95. The molecular weight excluding hydrogens is 272 g/mol. The number of ether oxygens (including phenoxy) is 1. The summed E-state index contributed by atoms with van der Waals surface area (Å²) in [5.41, 5.74) is 0.608. The van der Waals surface area contributed by atoms with Crippen molar-refractivity contribution < 1.29 is 14.6 Å². The summed E-state index contributed by atoms with van der Waals surface area (Å²) in [5.74, 6) is -0.399. The highest BCUT2D eigenvalue weighted by Crippen LogP contribution is 2.22. The molecule has 1 heterocycles. The molecule has 0 aliphatic rings. The van der Waals surface area contributed by atoms with Crippen LogP contribution < -0.4 is 10.6 Å². The number of anilines is 1. The van der Waals surface area contributed by atoms with Crippen LogP contribution in [0.15, 0.2) is 11.4 Å². The van der Waals surface area contributed by atoms with Gasteiger partial charge in [-0.05, 0) is 30.1 Å². The maximum atomic E-state index is 11.5. The Kier molecular flexibility index (Phi) is 6.03. The first-order chi connectivity index (χ1) is 8.62. The van der Waals surface area contributed by atoms with Crippen molar-refractivity contribution in [3.8, 4) is 0 Å². The van der Waals surface area contributed by atoms with Gasteiger partial charge in [-0.1, -0.05) is 6.92 Å². The number of aliphatic hydroxyl groups excluding tert-OH is 1. The van der Waals surface area contributed by atoms with E-state index in [1.54, 1.807) is 11.4 Å². The fraction of sp³-hybridized carbons (Fsp3) is 0.455. The van der Waals surface area contributed by atoms with Gasteiger partial charge in [-0.15, -0.1) is 11.3 Å². The molecule has 0 saturated carbocycles. The molecule has 1 aromatic heterocycles. The van der Waals surface area contributed by atoms with Crippen molar-refractivity contribution in [1.82, 2.24) is 5.32 Å². The Morgan fingerprint density at radius 3 is 2.94 bits per heavy atom. The van der Waals surface area contributed by atoms with E-state index in [9.17, 15) is 4.79 Å². The molecule has 0 unspecified atom stereocenters. The Labute approximate surface area is 115 Å². The number of esters is 1. The minimum absolute atomic E-state index is 0.00577. The van der Waals surface area contributed by atoms with Gasteiger partial charge in [0.05, 0.1) is 25.4 Å². The fourth-order valence-electron chi connectivity index (χ4n) is 1.28. The monoisotopic (exact) mass is 288 g/mol. The standard InChI is InChI=1S/C11H16N2O3S2/c1-3-7(6-14)12-11(17)13-8-4-5-18-9(8)10(15)16-2/h4-5,7,14H,3,6H2,1-2H3,(H2,12,13,17)/t7-/m1/s1. The maximum absolute atomic E-state index is 11.5. The highest BCUT2D eigenvalue weighted by molar-refractivity contribution is 7.80. The lowest BCUT2D eigenvalue weighted by Gasteiger charge is -2.17. The summed E-state index contributed by atoms with van der Waals surface area (Å²) in [7, 11) is 1.33. The number of aliphatic hydroxyl groups is 1. The molecule has 0 amide bonds. The second-order valence-electron chi connectivity index (χ2n) is 3.54. The van der Waals surface area contributed by atoms with Crippen LogP contribution in [0.25, 0.3) is 0 Å². The third-order valence-corrected chi connectivity index (χ3v) is 3.45. The molecule has 0 aliphatic carbocycles. The Morgan fingerprint density at radius 2 is 2.39 bits per heavy atom. The normalized spacial score (nSPS) is 11.7. The Hall–Kier alpha value is -1.18. The summed E-state index contributed by atoms with van der Waals surface area (Å²) >= 11 is 6.39. The lowest BCUT2D eigenvalue weighted by Crippen LogP contribution is -2.39. The van der Waals surface area contributed by atoms with Gasteiger partial charge in [0, 0.05) is 0 Å². The first kappa shape index (κ1) is 14.9. The predicted octanol–water partition coefficient (Wildman–Crippen LogP) is 1.59. The molecular formula is C11H16N2O3S2. The highest BCUT2D eigenvalue weighted by atomic mass is 32.1. The highest BCUT2D eigenvalue weighted by Gasteiger charge is 2.15. The largest absolute Gasteiger partial charge is 0.465 e. The van der Waals surface area contributed by atoms with Gasteiger partial charge in [0.15, 0.2) is 5.11 Å². The van der Waals surface area contributed by atoms with Gasteiger partial charge < -0.3 is 20.5 Å². The van der Waals surface area contributed by atoms with E-state index in [0.717, 1.165) is 6.42 Å². The van der Waals surface area contributed by atoms with E-state index >= 15 is 0 Å². The van der Waals surface area contributed by atoms with Crippen LogP contribution >= 0.6 is 23.6 Å². The quantitative estimate of drug-likeness (QED) is 0.564. The van der Waals surface area contributed by atoms with Crippen LogP contribution in [0.4, 0.5) is 5.69 Å². The molecule has 3 N–H and O–H groups in total. The summed E-state index contributed by atoms with van der Waals surface area (Å²) in [5, 5.41) is 17.1. The maximum Gasteiger partial charge on any atom is 0.350 e. The van der Waals surface area contributed by atoms with Crippen LogP contribution in [-0.4, -0.2) is 35.9 Å². The summed E-state index contributed by atoms with van der Waals surface area (Å²) in [6.07, 6.45) is 0.756. The minimum Gasteiger partial charge on any atom is -0.465 e. The molecule has 0 fully saturated rings. The lowest BCUT2D eigenvalue weighted by molar-refractivity contribution is 0.0607. The number of methoxy groups -OCH3 is 1. The van der Waals surface area contributed by atoms with Gasteiger partial charge >= 0.3 is 5.97 Å². The van der Waals surface area contributed by atoms with Crippen molar-refractivity contribution in [3.63, 3.8) is 0 Å². The Morgan fingerprint density at radius 1 is 1.67 bits per heavy atom. The number of hydrogen-bond donors (Lipinski definition) is 3. The Balaban J connectivity index is 2.65. The predicted molar refractivity (Wildman–Crippen MR) is 76.2 cm³/mol. The molecule has 1 atom stereocenters. The zero-order valence-electron chi connectivity index (χ0n) is 10.2. The van der Waals surface area contributed by atoms with Crippen LogP contribution in [0.1, 0.15) is 23.0 Å². The molecule has 1 rings (SSSR count). The first-order valence-electron chi connectivity index (χ1n) is 5.46. The molecule has 7 heteroatoms. The topological polar surface area (TPSA) is 70.6 Å². The summed E-state index contributed by atoms with van der Waals surface area (Å²) in [6, 6.07) is 1.66. The molecule has 0 spiro atoms. The van der Waals surface area contributed by atoms with Crippen molar-refractivity contribution in [2.75, 3.05) is 19.0 Å². The second-order valence-corrected chi connectivity index (χ2v) is 4.87. The van der Waals surface area contributed by atoms with Crippen LogP contribution in [0.2, 0.25) is 0 Å². The average molecular weight is 288 g/mol. The van der Waals surface area contributed by atoms with E-state index in [1.807, 2.05) is 6.92 Å². The zero-order valence-corrected chi connectivity index (χ0v) is 11.9. The van der Waals surface area contributed by atoms with Crippen LogP contribution in [0.5, 0.6) is 0 Å². The second kappa shape index (κ2) is 7.30. The SMILES string of the molecule is CC[C@H](CO)NC(=S)Nc1ccsc1C(=O)OC.